The fraction of sp³-hybridized carbons (Fsp3) is 0.238. The first-order valence-corrected chi connectivity index (χ1v) is 8.96. The molecule has 0 saturated carbocycles. The molecule has 0 fully saturated rings. The summed E-state index contributed by atoms with van der Waals surface area (Å²) in [5.41, 5.74) is 2.33. The number of benzene rings is 2. The summed E-state index contributed by atoms with van der Waals surface area (Å²) < 4.78 is 6.90. The van der Waals surface area contributed by atoms with Crippen molar-refractivity contribution >= 4 is 5.91 Å². The molecule has 7 nitrogen and oxygen atoms in total. The zero-order valence-electron chi connectivity index (χ0n) is 16.0. The molecule has 0 aliphatic carbocycles. The van der Waals surface area contributed by atoms with Crippen molar-refractivity contribution in [1.82, 2.24) is 25.1 Å². The van der Waals surface area contributed by atoms with E-state index in [1.54, 1.807) is 37.3 Å². The van der Waals surface area contributed by atoms with E-state index < -0.39 is 0 Å². The molecule has 0 N–H and O–H groups in total. The second kappa shape index (κ2) is 8.94. The predicted octanol–water partition coefficient (Wildman–Crippen LogP) is 3.10. The molecule has 2 aromatic carbocycles. The Hall–Kier alpha value is -3.48. The smallest absolute Gasteiger partial charge is 0.257 e. The average Bonchev–Trinajstić information content (AvgIpc) is 3.28. The largest absolute Gasteiger partial charge is 0.496 e. The summed E-state index contributed by atoms with van der Waals surface area (Å²) in [6.45, 7) is 4.42. The maximum absolute atomic E-state index is 13.2. The lowest BCUT2D eigenvalue weighted by molar-refractivity contribution is 0.0783. The number of ether oxygens (including phenoxy) is 1. The number of methoxy groups -OCH3 is 1. The number of aromatic nitrogens is 4. The predicted molar refractivity (Wildman–Crippen MR) is 107 cm³/mol. The third-order valence-corrected chi connectivity index (χ3v) is 4.59. The number of carbonyl (C=O) groups excluding carboxylic acids is 1. The summed E-state index contributed by atoms with van der Waals surface area (Å²) in [5, 5.41) is 11.2. The van der Waals surface area contributed by atoms with E-state index >= 15 is 0 Å². The van der Waals surface area contributed by atoms with Gasteiger partial charge >= 0.3 is 0 Å². The van der Waals surface area contributed by atoms with E-state index in [0.29, 0.717) is 23.5 Å². The fourth-order valence-corrected chi connectivity index (χ4v) is 3.15. The van der Waals surface area contributed by atoms with Crippen LogP contribution in [0, 0.1) is 0 Å². The Balaban J connectivity index is 1.85. The minimum Gasteiger partial charge on any atom is -0.496 e. The Morgan fingerprint density at radius 2 is 2.07 bits per heavy atom. The van der Waals surface area contributed by atoms with Crippen molar-refractivity contribution in [3.63, 3.8) is 0 Å². The second-order valence-electron chi connectivity index (χ2n) is 6.46. The van der Waals surface area contributed by atoms with E-state index in [0.717, 1.165) is 6.42 Å². The number of carbonyl (C=O) groups is 1. The maximum atomic E-state index is 13.2. The van der Waals surface area contributed by atoms with E-state index in [-0.39, 0.29) is 11.8 Å². The molecule has 0 aliphatic rings. The molecule has 0 aliphatic heterocycles. The SMILES string of the molecule is C=CC[C@H](CN(C)C(=O)c1cc(-n2cnnn2)ccc1OC)c1ccccc1. The van der Waals surface area contributed by atoms with Gasteiger partial charge in [0.05, 0.1) is 18.4 Å². The molecule has 3 rings (SSSR count). The molecule has 0 spiro atoms. The van der Waals surface area contributed by atoms with Crippen LogP contribution in [-0.4, -0.2) is 51.7 Å². The molecule has 28 heavy (non-hydrogen) atoms. The first-order chi connectivity index (χ1) is 13.6. The lowest BCUT2D eigenvalue weighted by Crippen LogP contribution is -2.31. The fourth-order valence-electron chi connectivity index (χ4n) is 3.15. The van der Waals surface area contributed by atoms with Crippen LogP contribution in [0.2, 0.25) is 0 Å². The highest BCUT2D eigenvalue weighted by molar-refractivity contribution is 5.97. The maximum Gasteiger partial charge on any atom is 0.257 e. The number of allylic oxidation sites excluding steroid dienone is 1. The highest BCUT2D eigenvalue weighted by Crippen LogP contribution is 2.25. The molecular formula is C21H23N5O2. The van der Waals surface area contributed by atoms with Gasteiger partial charge in [-0.1, -0.05) is 36.4 Å². The average molecular weight is 377 g/mol. The molecule has 144 valence electrons. The number of hydrogen-bond donors (Lipinski definition) is 0. The molecule has 7 heteroatoms. The van der Waals surface area contributed by atoms with Crippen molar-refractivity contribution in [3.8, 4) is 11.4 Å². The highest BCUT2D eigenvalue weighted by Gasteiger charge is 2.21. The lowest BCUT2D eigenvalue weighted by atomic mass is 9.95. The Bertz CT molecular complexity index is 925. The van der Waals surface area contributed by atoms with Gasteiger partial charge in [0, 0.05) is 19.5 Å². The molecule has 1 atom stereocenters. The number of hydrogen-bond acceptors (Lipinski definition) is 5. The van der Waals surface area contributed by atoms with Crippen LogP contribution < -0.4 is 4.74 Å². The van der Waals surface area contributed by atoms with Gasteiger partial charge in [-0.25, -0.2) is 4.68 Å². The van der Waals surface area contributed by atoms with Crippen LogP contribution in [0.25, 0.3) is 5.69 Å². The van der Waals surface area contributed by atoms with Gasteiger partial charge in [0.2, 0.25) is 0 Å². The van der Waals surface area contributed by atoms with E-state index in [1.807, 2.05) is 24.3 Å². The van der Waals surface area contributed by atoms with Gasteiger partial charge in [0.1, 0.15) is 12.1 Å². The normalized spacial score (nSPS) is 11.6. The Labute approximate surface area is 164 Å². The van der Waals surface area contributed by atoms with Crippen LogP contribution >= 0.6 is 0 Å². The second-order valence-corrected chi connectivity index (χ2v) is 6.46. The minimum atomic E-state index is -0.128. The molecule has 0 radical (unpaired) electrons. The highest BCUT2D eigenvalue weighted by atomic mass is 16.5. The quantitative estimate of drug-likeness (QED) is 0.564. The number of nitrogens with zero attached hydrogens (tertiary/aromatic N) is 5. The van der Waals surface area contributed by atoms with Gasteiger partial charge in [-0.15, -0.1) is 11.7 Å². The van der Waals surface area contributed by atoms with Crippen molar-refractivity contribution in [2.45, 2.75) is 12.3 Å². The topological polar surface area (TPSA) is 73.1 Å². The van der Waals surface area contributed by atoms with Gasteiger partial charge in [-0.2, -0.15) is 0 Å². The van der Waals surface area contributed by atoms with E-state index in [1.165, 1.54) is 16.6 Å². The summed E-state index contributed by atoms with van der Waals surface area (Å²) in [6.07, 6.45) is 4.15. The first-order valence-electron chi connectivity index (χ1n) is 8.96. The van der Waals surface area contributed by atoms with E-state index in [4.69, 9.17) is 4.74 Å². The van der Waals surface area contributed by atoms with Crippen LogP contribution in [0.1, 0.15) is 28.3 Å². The van der Waals surface area contributed by atoms with Crippen LogP contribution in [0.5, 0.6) is 5.75 Å². The van der Waals surface area contributed by atoms with Crippen molar-refractivity contribution in [2.24, 2.45) is 0 Å². The van der Waals surface area contributed by atoms with Crippen molar-refractivity contribution < 1.29 is 9.53 Å². The van der Waals surface area contributed by atoms with E-state index in [2.05, 4.69) is 34.2 Å². The van der Waals surface area contributed by atoms with Gasteiger partial charge in [0.25, 0.3) is 5.91 Å². The molecule has 0 saturated heterocycles. The number of amides is 1. The summed E-state index contributed by atoms with van der Waals surface area (Å²) >= 11 is 0. The molecule has 3 aromatic rings. The van der Waals surface area contributed by atoms with Gasteiger partial charge in [-0.05, 0) is 40.6 Å². The molecule has 1 amide bonds. The van der Waals surface area contributed by atoms with Gasteiger partial charge < -0.3 is 9.64 Å². The summed E-state index contributed by atoms with van der Waals surface area (Å²) in [5.74, 6) is 0.548. The Morgan fingerprint density at radius 1 is 1.29 bits per heavy atom. The summed E-state index contributed by atoms with van der Waals surface area (Å²) in [4.78, 5) is 14.9. The Kier molecular flexibility index (Phi) is 6.16. The third kappa shape index (κ3) is 4.25. The number of likely N-dealkylation sites (N-methyl/N-ethyl adjacent to an activating group) is 1. The summed E-state index contributed by atoms with van der Waals surface area (Å²) in [7, 11) is 3.35. The monoisotopic (exact) mass is 377 g/mol. The zero-order chi connectivity index (χ0) is 19.9. The van der Waals surface area contributed by atoms with Crippen LogP contribution in [-0.2, 0) is 0 Å². The van der Waals surface area contributed by atoms with Crippen molar-refractivity contribution in [3.05, 3.63) is 78.6 Å². The van der Waals surface area contributed by atoms with Crippen molar-refractivity contribution in [1.29, 1.82) is 0 Å². The lowest BCUT2D eigenvalue weighted by Gasteiger charge is -2.25. The van der Waals surface area contributed by atoms with Gasteiger partial charge in [-0.3, -0.25) is 4.79 Å². The van der Waals surface area contributed by atoms with Gasteiger partial charge in [0.15, 0.2) is 0 Å². The number of tetrazole rings is 1. The molecular weight excluding hydrogens is 354 g/mol. The van der Waals surface area contributed by atoms with Crippen LogP contribution in [0.15, 0.2) is 67.5 Å². The first kappa shape index (κ1) is 19.3. The van der Waals surface area contributed by atoms with Crippen molar-refractivity contribution in [2.75, 3.05) is 20.7 Å². The summed E-state index contributed by atoms with van der Waals surface area (Å²) in [6, 6.07) is 15.4. The molecule has 0 unspecified atom stereocenters. The van der Waals surface area contributed by atoms with Crippen LogP contribution in [0.4, 0.5) is 0 Å². The molecule has 1 heterocycles. The molecule has 1 aromatic heterocycles. The molecule has 0 bridgehead atoms. The Morgan fingerprint density at radius 3 is 2.71 bits per heavy atom. The van der Waals surface area contributed by atoms with Crippen LogP contribution in [0.3, 0.4) is 0 Å². The zero-order valence-corrected chi connectivity index (χ0v) is 16.0. The van der Waals surface area contributed by atoms with E-state index in [9.17, 15) is 4.79 Å². The standard InChI is InChI=1S/C21H23N5O2/c1-4-8-17(16-9-6-5-7-10-16)14-25(2)21(27)19-13-18(11-12-20(19)28-3)26-15-22-23-24-26/h4-7,9-13,15,17H,1,8,14H2,2-3H3/t17-/m1/s1. The third-order valence-electron chi connectivity index (χ3n) is 4.59. The minimum absolute atomic E-state index is 0.128. The number of rotatable bonds is 8.